The van der Waals surface area contributed by atoms with E-state index in [4.69, 9.17) is 19.3 Å². The van der Waals surface area contributed by atoms with Crippen LogP contribution in [0.3, 0.4) is 0 Å². The van der Waals surface area contributed by atoms with Crippen LogP contribution in [0.15, 0.2) is 66.9 Å². The number of aromatic nitrogens is 3. The second kappa shape index (κ2) is 9.89. The Bertz CT molecular complexity index is 1590. The number of nitrogens with zero attached hydrogens (tertiary/aromatic N) is 3. The number of methoxy groups -OCH3 is 2. The lowest BCUT2D eigenvalue weighted by atomic mass is 10.0. The van der Waals surface area contributed by atoms with Crippen molar-refractivity contribution in [3.63, 3.8) is 0 Å². The summed E-state index contributed by atoms with van der Waals surface area (Å²) in [6.45, 7) is 2.12. The number of rotatable bonds is 7. The average Bonchev–Trinajstić information content (AvgIpc) is 3.28. The van der Waals surface area contributed by atoms with Crippen LogP contribution in [0, 0.1) is 5.82 Å². The molecule has 188 valence electrons. The van der Waals surface area contributed by atoms with E-state index in [0.29, 0.717) is 22.6 Å². The fraction of sp³-hybridized carbons (Fsp3) is 0.207. The molecule has 0 N–H and O–H groups in total. The highest BCUT2D eigenvalue weighted by Gasteiger charge is 2.26. The van der Waals surface area contributed by atoms with Crippen LogP contribution in [0.25, 0.3) is 33.1 Å². The zero-order valence-electron chi connectivity index (χ0n) is 21.0. The Kier molecular flexibility index (Phi) is 6.48. The van der Waals surface area contributed by atoms with Gasteiger partial charge in [-0.25, -0.2) is 9.18 Å². The Morgan fingerprint density at radius 3 is 2.41 bits per heavy atom. The third kappa shape index (κ3) is 4.46. The Labute approximate surface area is 213 Å². The molecule has 2 aromatic heterocycles. The van der Waals surface area contributed by atoms with E-state index in [0.717, 1.165) is 34.0 Å². The highest BCUT2D eigenvalue weighted by Crippen LogP contribution is 2.40. The van der Waals surface area contributed by atoms with E-state index >= 15 is 0 Å². The quantitative estimate of drug-likeness (QED) is 0.264. The molecule has 0 aliphatic heterocycles. The van der Waals surface area contributed by atoms with Gasteiger partial charge in [-0.1, -0.05) is 43.3 Å². The number of fused-ring (bicyclic) bond motifs is 3. The van der Waals surface area contributed by atoms with Gasteiger partial charge in [0.15, 0.2) is 11.5 Å². The van der Waals surface area contributed by atoms with Crippen LogP contribution in [-0.2, 0) is 23.0 Å². The summed E-state index contributed by atoms with van der Waals surface area (Å²) in [7, 11) is 4.67. The first-order chi connectivity index (χ1) is 17.9. The number of carbonyl (C=O) groups is 1. The van der Waals surface area contributed by atoms with Gasteiger partial charge in [-0.3, -0.25) is 9.67 Å². The molecule has 0 saturated carbocycles. The van der Waals surface area contributed by atoms with Crippen molar-refractivity contribution >= 4 is 27.8 Å². The maximum absolute atomic E-state index is 13.5. The average molecular weight is 500 g/mol. The van der Waals surface area contributed by atoms with Gasteiger partial charge in [0.2, 0.25) is 6.10 Å². The molecule has 0 radical (unpaired) electrons. The van der Waals surface area contributed by atoms with Crippen LogP contribution in [0.5, 0.6) is 11.5 Å². The summed E-state index contributed by atoms with van der Waals surface area (Å²) in [6.07, 6.45) is 1.61. The van der Waals surface area contributed by atoms with Gasteiger partial charge < -0.3 is 14.2 Å². The van der Waals surface area contributed by atoms with Crippen LogP contribution in [0.4, 0.5) is 4.39 Å². The number of benzene rings is 3. The molecule has 37 heavy (non-hydrogen) atoms. The lowest BCUT2D eigenvalue weighted by Gasteiger charge is -2.19. The van der Waals surface area contributed by atoms with Crippen molar-refractivity contribution in [1.82, 2.24) is 14.8 Å². The van der Waals surface area contributed by atoms with Gasteiger partial charge in [-0.05, 0) is 30.2 Å². The van der Waals surface area contributed by atoms with Gasteiger partial charge in [0, 0.05) is 35.0 Å². The van der Waals surface area contributed by atoms with Gasteiger partial charge in [0.1, 0.15) is 11.5 Å². The molecule has 5 aromatic rings. The molecular weight excluding hydrogens is 473 g/mol. The van der Waals surface area contributed by atoms with Crippen molar-refractivity contribution in [2.45, 2.75) is 19.4 Å². The van der Waals surface area contributed by atoms with Crippen LogP contribution in [-0.4, -0.2) is 35.0 Å². The molecule has 0 aliphatic carbocycles. The second-order valence-electron chi connectivity index (χ2n) is 8.63. The molecule has 5 rings (SSSR count). The molecule has 0 bridgehead atoms. The third-order valence-corrected chi connectivity index (χ3v) is 6.44. The molecule has 3 aromatic carbocycles. The van der Waals surface area contributed by atoms with E-state index in [1.807, 2.05) is 7.05 Å². The van der Waals surface area contributed by atoms with Crippen LogP contribution >= 0.6 is 0 Å². The van der Waals surface area contributed by atoms with Gasteiger partial charge in [0.05, 0.1) is 31.4 Å². The highest BCUT2D eigenvalue weighted by atomic mass is 19.1. The monoisotopic (exact) mass is 499 g/mol. The summed E-state index contributed by atoms with van der Waals surface area (Å²) < 4.78 is 32.1. The maximum atomic E-state index is 13.5. The Balaban J connectivity index is 1.69. The van der Waals surface area contributed by atoms with Crippen molar-refractivity contribution in [3.8, 4) is 22.8 Å². The minimum atomic E-state index is -1.13. The number of hydrogen-bond acceptors (Lipinski definition) is 6. The first-order valence-corrected chi connectivity index (χ1v) is 11.9. The summed E-state index contributed by atoms with van der Waals surface area (Å²) in [5.41, 5.74) is 5.02. The van der Waals surface area contributed by atoms with Crippen molar-refractivity contribution in [2.75, 3.05) is 14.2 Å². The summed E-state index contributed by atoms with van der Waals surface area (Å²) in [5, 5.41) is 6.48. The topological polar surface area (TPSA) is 75.5 Å². The molecule has 7 nitrogen and oxygen atoms in total. The number of ether oxygens (including phenoxy) is 3. The lowest BCUT2D eigenvalue weighted by Crippen LogP contribution is -2.20. The lowest BCUT2D eigenvalue weighted by molar-refractivity contribution is -0.149. The Morgan fingerprint density at radius 2 is 1.76 bits per heavy atom. The van der Waals surface area contributed by atoms with E-state index in [1.165, 1.54) is 44.0 Å². The van der Waals surface area contributed by atoms with Crippen LogP contribution in [0.1, 0.15) is 24.2 Å². The van der Waals surface area contributed by atoms with Gasteiger partial charge >= 0.3 is 5.97 Å². The molecule has 1 unspecified atom stereocenters. The van der Waals surface area contributed by atoms with E-state index in [1.54, 1.807) is 23.0 Å². The normalized spacial score (nSPS) is 12.0. The maximum Gasteiger partial charge on any atom is 0.351 e. The minimum absolute atomic E-state index is 0.320. The Hall–Kier alpha value is -4.46. The molecule has 2 heterocycles. The molecule has 0 spiro atoms. The van der Waals surface area contributed by atoms with Crippen molar-refractivity contribution in [2.24, 2.45) is 7.05 Å². The predicted molar refractivity (Wildman–Crippen MR) is 139 cm³/mol. The number of esters is 1. The number of aryl methyl sites for hydroxylation is 2. The smallest absolute Gasteiger partial charge is 0.351 e. The van der Waals surface area contributed by atoms with Crippen molar-refractivity contribution < 1.29 is 23.4 Å². The predicted octanol–water partition coefficient (Wildman–Crippen LogP) is 5.79. The fourth-order valence-electron chi connectivity index (χ4n) is 4.41. The number of hydrogen-bond donors (Lipinski definition) is 0. The van der Waals surface area contributed by atoms with E-state index in [9.17, 15) is 9.18 Å². The molecule has 0 saturated heterocycles. The summed E-state index contributed by atoms with van der Waals surface area (Å²) in [4.78, 5) is 17.3. The number of pyridine rings is 1. The van der Waals surface area contributed by atoms with Crippen molar-refractivity contribution in [1.29, 1.82) is 0 Å². The minimum Gasteiger partial charge on any atom is -0.493 e. The zero-order chi connectivity index (χ0) is 26.1. The largest absolute Gasteiger partial charge is 0.493 e. The molecule has 0 fully saturated rings. The fourth-order valence-corrected chi connectivity index (χ4v) is 4.41. The first-order valence-electron chi connectivity index (χ1n) is 11.9. The molecule has 8 heteroatoms. The number of carbonyl (C=O) groups excluding carboxylic acids is 1. The third-order valence-electron chi connectivity index (χ3n) is 6.44. The zero-order valence-corrected chi connectivity index (χ0v) is 21.0. The number of halogens is 1. The first kappa shape index (κ1) is 24.2. The van der Waals surface area contributed by atoms with Gasteiger partial charge in [0.25, 0.3) is 0 Å². The van der Waals surface area contributed by atoms with Gasteiger partial charge in [-0.15, -0.1) is 0 Å². The SMILES string of the molecule is CCc1ccc(-c2nn(C)c3cnc4cc(OC)c(OC(C(=O)OC)c5ccc(F)cc5)cc4c23)cc1. The van der Waals surface area contributed by atoms with Crippen LogP contribution in [0.2, 0.25) is 0 Å². The summed E-state index contributed by atoms with van der Waals surface area (Å²) >= 11 is 0. The summed E-state index contributed by atoms with van der Waals surface area (Å²) in [6, 6.07) is 17.4. The molecular formula is C29H26FN3O4. The van der Waals surface area contributed by atoms with E-state index in [2.05, 4.69) is 36.2 Å². The second-order valence-corrected chi connectivity index (χ2v) is 8.63. The van der Waals surface area contributed by atoms with Crippen molar-refractivity contribution in [3.05, 3.63) is 83.8 Å². The molecule has 0 amide bonds. The van der Waals surface area contributed by atoms with Gasteiger partial charge in [-0.2, -0.15) is 5.10 Å². The summed E-state index contributed by atoms with van der Waals surface area (Å²) in [5.74, 6) is -0.323. The molecule has 1 atom stereocenters. The highest BCUT2D eigenvalue weighted by molar-refractivity contribution is 6.11. The van der Waals surface area contributed by atoms with E-state index < -0.39 is 17.9 Å². The van der Waals surface area contributed by atoms with Crippen LogP contribution < -0.4 is 9.47 Å². The molecule has 0 aliphatic rings. The Morgan fingerprint density at radius 1 is 1.03 bits per heavy atom. The standard InChI is InChI=1S/C29H26FN3O4/c1-5-17-6-8-18(9-7-17)27-26-21-14-25(24(35-3)15-22(21)31-16-23(26)33(2)32-27)37-28(29(34)36-4)19-10-12-20(30)13-11-19/h6-16,28H,5H2,1-4H3. The van der Waals surface area contributed by atoms with E-state index in [-0.39, 0.29) is 0 Å².